The Hall–Kier alpha value is -2.42. The van der Waals surface area contributed by atoms with E-state index in [0.717, 1.165) is 22.2 Å². The van der Waals surface area contributed by atoms with Crippen molar-refractivity contribution in [2.45, 2.75) is 31.3 Å². The van der Waals surface area contributed by atoms with E-state index in [0.29, 0.717) is 5.56 Å². The van der Waals surface area contributed by atoms with E-state index >= 15 is 0 Å². The molecule has 1 aliphatic heterocycles. The molecule has 1 saturated carbocycles. The lowest BCUT2D eigenvalue weighted by atomic mass is 9.96. The largest absolute Gasteiger partial charge is 0.467 e. The molecule has 1 aromatic carbocycles. The Kier molecular flexibility index (Phi) is 5.23. The van der Waals surface area contributed by atoms with Crippen molar-refractivity contribution in [3.63, 3.8) is 0 Å². The van der Waals surface area contributed by atoms with Crippen LogP contribution >= 0.6 is 15.9 Å². The van der Waals surface area contributed by atoms with Gasteiger partial charge in [0.25, 0.3) is 5.91 Å². The number of rotatable bonds is 6. The monoisotopic (exact) mass is 437 g/mol. The zero-order chi connectivity index (χ0) is 19.8. The van der Waals surface area contributed by atoms with Gasteiger partial charge in [-0.05, 0) is 43.4 Å². The summed E-state index contributed by atoms with van der Waals surface area (Å²) < 4.78 is 5.58. The van der Waals surface area contributed by atoms with Crippen molar-refractivity contribution in [1.82, 2.24) is 15.5 Å². The number of esters is 1. The minimum absolute atomic E-state index is 0.104. The molecule has 1 saturated heterocycles. The number of amides is 4. The Labute approximate surface area is 164 Å². The molecule has 2 aliphatic rings. The Morgan fingerprint density at radius 3 is 2.52 bits per heavy atom. The van der Waals surface area contributed by atoms with E-state index in [1.54, 1.807) is 31.2 Å². The highest BCUT2D eigenvalue weighted by molar-refractivity contribution is 9.10. The Morgan fingerprint density at radius 2 is 1.96 bits per heavy atom. The summed E-state index contributed by atoms with van der Waals surface area (Å²) in [5.74, 6) is -1.58. The molecule has 2 atom stereocenters. The molecule has 4 amide bonds. The first-order valence-corrected chi connectivity index (χ1v) is 9.32. The number of methoxy groups -OCH3 is 1. The summed E-state index contributed by atoms with van der Waals surface area (Å²) in [5.41, 5.74) is -0.427. The lowest BCUT2D eigenvalue weighted by molar-refractivity contribution is -0.145. The lowest BCUT2D eigenvalue weighted by Gasteiger charge is -2.21. The van der Waals surface area contributed by atoms with E-state index in [1.807, 2.05) is 0 Å². The molecule has 0 bridgehead atoms. The van der Waals surface area contributed by atoms with Gasteiger partial charge in [-0.1, -0.05) is 28.1 Å². The van der Waals surface area contributed by atoms with E-state index in [-0.39, 0.29) is 5.92 Å². The molecule has 0 aromatic heterocycles. The van der Waals surface area contributed by atoms with Gasteiger partial charge in [0.2, 0.25) is 5.91 Å². The van der Waals surface area contributed by atoms with Crippen molar-refractivity contribution in [3.05, 3.63) is 34.3 Å². The maximum Gasteiger partial charge on any atom is 0.333 e. The van der Waals surface area contributed by atoms with Gasteiger partial charge in [-0.3, -0.25) is 14.5 Å². The van der Waals surface area contributed by atoms with Crippen molar-refractivity contribution < 1.29 is 23.9 Å². The second-order valence-electron chi connectivity index (χ2n) is 6.87. The molecule has 3 rings (SSSR count). The van der Waals surface area contributed by atoms with Crippen LogP contribution in [-0.2, 0) is 19.1 Å². The van der Waals surface area contributed by atoms with E-state index in [9.17, 15) is 19.2 Å². The van der Waals surface area contributed by atoms with E-state index < -0.39 is 41.9 Å². The Bertz CT molecular complexity index is 793. The predicted molar refractivity (Wildman–Crippen MR) is 98.4 cm³/mol. The van der Waals surface area contributed by atoms with Crippen LogP contribution in [0, 0.1) is 5.92 Å². The van der Waals surface area contributed by atoms with Crippen LogP contribution in [0.15, 0.2) is 28.7 Å². The van der Waals surface area contributed by atoms with Gasteiger partial charge in [0.15, 0.2) is 6.04 Å². The van der Waals surface area contributed by atoms with Gasteiger partial charge in [-0.2, -0.15) is 0 Å². The van der Waals surface area contributed by atoms with E-state index in [2.05, 4.69) is 26.6 Å². The quantitative estimate of drug-likeness (QED) is 0.518. The summed E-state index contributed by atoms with van der Waals surface area (Å²) in [6.07, 6.45) is 1.74. The molecule has 9 heteroatoms. The second-order valence-corrected chi connectivity index (χ2v) is 7.79. The Balaban J connectivity index is 1.71. The van der Waals surface area contributed by atoms with Crippen LogP contribution in [0.4, 0.5) is 4.79 Å². The van der Waals surface area contributed by atoms with Crippen LogP contribution in [0.2, 0.25) is 0 Å². The molecule has 2 unspecified atom stereocenters. The second kappa shape index (κ2) is 7.30. The highest BCUT2D eigenvalue weighted by Gasteiger charge is 2.56. The SMILES string of the molecule is COC(=O)C(NC(=O)CN1C(=O)NC(C)(C2CC2)C1=O)c1ccc(Br)cc1. The molecule has 1 aromatic rings. The van der Waals surface area contributed by atoms with Crippen LogP contribution in [0.3, 0.4) is 0 Å². The Morgan fingerprint density at radius 1 is 1.33 bits per heavy atom. The third-order valence-corrected chi connectivity index (χ3v) is 5.47. The van der Waals surface area contributed by atoms with Gasteiger partial charge in [-0.15, -0.1) is 0 Å². The zero-order valence-electron chi connectivity index (χ0n) is 15.0. The highest BCUT2D eigenvalue weighted by Crippen LogP contribution is 2.42. The van der Waals surface area contributed by atoms with Gasteiger partial charge in [0, 0.05) is 4.47 Å². The first kappa shape index (κ1) is 19.3. The third-order valence-electron chi connectivity index (χ3n) is 4.94. The molecule has 2 fully saturated rings. The van der Waals surface area contributed by atoms with Crippen LogP contribution in [0.1, 0.15) is 31.4 Å². The maximum absolute atomic E-state index is 12.6. The number of benzene rings is 1. The number of urea groups is 1. The molecule has 8 nitrogen and oxygen atoms in total. The molecular formula is C18H20BrN3O5. The first-order valence-electron chi connectivity index (χ1n) is 8.53. The summed E-state index contributed by atoms with van der Waals surface area (Å²) in [5, 5.41) is 5.22. The summed E-state index contributed by atoms with van der Waals surface area (Å²) in [7, 11) is 1.22. The minimum atomic E-state index is -1.04. The number of hydrogen-bond acceptors (Lipinski definition) is 5. The van der Waals surface area contributed by atoms with Crippen molar-refractivity contribution in [2.75, 3.05) is 13.7 Å². The number of halogens is 1. The number of carbonyl (C=O) groups is 4. The van der Waals surface area contributed by atoms with Gasteiger partial charge < -0.3 is 15.4 Å². The number of ether oxygens (including phenoxy) is 1. The molecule has 27 heavy (non-hydrogen) atoms. The molecule has 0 spiro atoms. The number of imide groups is 1. The van der Waals surface area contributed by atoms with Gasteiger partial charge >= 0.3 is 12.0 Å². The third kappa shape index (κ3) is 3.83. The number of nitrogens with zero attached hydrogens (tertiary/aromatic N) is 1. The maximum atomic E-state index is 12.6. The van der Waals surface area contributed by atoms with Crippen LogP contribution in [-0.4, -0.2) is 47.9 Å². The molecule has 1 heterocycles. The molecule has 144 valence electrons. The van der Waals surface area contributed by atoms with Crippen LogP contribution in [0.5, 0.6) is 0 Å². The fourth-order valence-electron chi connectivity index (χ4n) is 3.20. The summed E-state index contributed by atoms with van der Waals surface area (Å²) in [6, 6.07) is 5.17. The van der Waals surface area contributed by atoms with Crippen LogP contribution < -0.4 is 10.6 Å². The first-order chi connectivity index (χ1) is 12.8. The standard InChI is InChI=1S/C18H20BrN3O5/c1-18(11-5-6-11)16(25)22(17(26)21-18)9-13(23)20-14(15(24)27-2)10-3-7-12(19)8-4-10/h3-4,7-8,11,14H,5-6,9H2,1-2H3,(H,20,23)(H,21,26). The van der Waals surface area contributed by atoms with Gasteiger partial charge in [-0.25, -0.2) is 9.59 Å². The topological polar surface area (TPSA) is 105 Å². The fourth-order valence-corrected chi connectivity index (χ4v) is 3.46. The number of nitrogens with one attached hydrogen (secondary N) is 2. The number of hydrogen-bond donors (Lipinski definition) is 2. The zero-order valence-corrected chi connectivity index (χ0v) is 16.5. The highest BCUT2D eigenvalue weighted by atomic mass is 79.9. The normalized spacial score (nSPS) is 23.0. The minimum Gasteiger partial charge on any atom is -0.467 e. The molecular weight excluding hydrogens is 418 g/mol. The lowest BCUT2D eigenvalue weighted by Crippen LogP contribution is -2.47. The smallest absolute Gasteiger partial charge is 0.333 e. The summed E-state index contributed by atoms with van der Waals surface area (Å²) in [4.78, 5) is 50.2. The molecule has 1 aliphatic carbocycles. The number of carbonyl (C=O) groups excluding carboxylic acids is 4. The summed E-state index contributed by atoms with van der Waals surface area (Å²) >= 11 is 3.31. The van der Waals surface area contributed by atoms with E-state index in [1.165, 1.54) is 7.11 Å². The fraction of sp³-hybridized carbons (Fsp3) is 0.444. The van der Waals surface area contributed by atoms with Crippen molar-refractivity contribution in [2.24, 2.45) is 5.92 Å². The molecule has 2 N–H and O–H groups in total. The van der Waals surface area contributed by atoms with Crippen molar-refractivity contribution in [3.8, 4) is 0 Å². The van der Waals surface area contributed by atoms with Crippen LogP contribution in [0.25, 0.3) is 0 Å². The average Bonchev–Trinajstić information content (AvgIpc) is 3.46. The van der Waals surface area contributed by atoms with Crippen molar-refractivity contribution in [1.29, 1.82) is 0 Å². The molecule has 0 radical (unpaired) electrons. The summed E-state index contributed by atoms with van der Waals surface area (Å²) in [6.45, 7) is 1.22. The average molecular weight is 438 g/mol. The predicted octanol–water partition coefficient (Wildman–Crippen LogP) is 1.50. The van der Waals surface area contributed by atoms with Gasteiger partial charge in [0.05, 0.1) is 7.11 Å². The van der Waals surface area contributed by atoms with Gasteiger partial charge in [0.1, 0.15) is 12.1 Å². The van der Waals surface area contributed by atoms with E-state index in [4.69, 9.17) is 4.74 Å². The van der Waals surface area contributed by atoms with Crippen molar-refractivity contribution >= 4 is 39.7 Å².